The first-order valence-electron chi connectivity index (χ1n) is 8.10. The first-order chi connectivity index (χ1) is 8.34. The molecule has 0 aromatic heterocycles. The average Bonchev–Trinajstić information content (AvgIpc) is 3.07. The van der Waals surface area contributed by atoms with E-state index >= 15 is 0 Å². The molecular weight excluding hydrogens is 206 g/mol. The minimum atomic E-state index is 0.536. The van der Waals surface area contributed by atoms with Gasteiger partial charge in [0, 0.05) is 6.04 Å². The summed E-state index contributed by atoms with van der Waals surface area (Å²) in [5.41, 5.74) is 6.38. The Labute approximate surface area is 108 Å². The van der Waals surface area contributed by atoms with Crippen LogP contribution in [0.15, 0.2) is 0 Å². The molecule has 2 N–H and O–H groups in total. The third kappa shape index (κ3) is 3.71. The average molecular weight is 237 g/mol. The zero-order valence-electron chi connectivity index (χ0n) is 11.7. The van der Waals surface area contributed by atoms with E-state index in [1.165, 1.54) is 70.6 Å². The molecule has 0 heterocycles. The van der Waals surface area contributed by atoms with E-state index < -0.39 is 0 Å². The third-order valence-corrected chi connectivity index (χ3v) is 5.11. The molecule has 0 amide bonds. The highest BCUT2D eigenvalue weighted by Gasteiger charge is 2.52. The number of rotatable bonds is 8. The van der Waals surface area contributed by atoms with Crippen molar-refractivity contribution in [1.29, 1.82) is 0 Å². The van der Waals surface area contributed by atoms with Gasteiger partial charge in [0.15, 0.2) is 0 Å². The summed E-state index contributed by atoms with van der Waals surface area (Å²) in [5.74, 6) is 3.01. The summed E-state index contributed by atoms with van der Waals surface area (Å²) in [4.78, 5) is 0. The molecular formula is C16H31N. The van der Waals surface area contributed by atoms with Crippen LogP contribution in [-0.2, 0) is 0 Å². The summed E-state index contributed by atoms with van der Waals surface area (Å²) in [7, 11) is 0. The molecule has 0 aromatic carbocycles. The van der Waals surface area contributed by atoms with Gasteiger partial charge in [0.2, 0.25) is 0 Å². The van der Waals surface area contributed by atoms with Crippen molar-refractivity contribution in [1.82, 2.24) is 0 Å². The highest BCUT2D eigenvalue weighted by molar-refractivity contribution is 5.03. The van der Waals surface area contributed by atoms with E-state index in [2.05, 4.69) is 6.92 Å². The second-order valence-corrected chi connectivity index (χ2v) is 6.41. The van der Waals surface area contributed by atoms with Gasteiger partial charge in [0.05, 0.1) is 0 Å². The molecule has 1 nitrogen and oxygen atoms in total. The van der Waals surface area contributed by atoms with E-state index in [0.717, 1.165) is 17.8 Å². The zero-order chi connectivity index (χ0) is 12.1. The normalized spacial score (nSPS) is 33.2. The van der Waals surface area contributed by atoms with Gasteiger partial charge in [0.1, 0.15) is 0 Å². The first kappa shape index (κ1) is 13.4. The molecule has 3 unspecified atom stereocenters. The molecule has 1 heteroatoms. The van der Waals surface area contributed by atoms with Gasteiger partial charge in [-0.2, -0.15) is 0 Å². The molecule has 2 aliphatic carbocycles. The zero-order valence-corrected chi connectivity index (χ0v) is 11.7. The second-order valence-electron chi connectivity index (χ2n) is 6.41. The van der Waals surface area contributed by atoms with Gasteiger partial charge in [-0.3, -0.25) is 0 Å². The molecule has 0 radical (unpaired) electrons. The van der Waals surface area contributed by atoms with Gasteiger partial charge < -0.3 is 5.73 Å². The Hall–Kier alpha value is -0.0400. The van der Waals surface area contributed by atoms with Crippen LogP contribution >= 0.6 is 0 Å². The first-order valence-corrected chi connectivity index (χ1v) is 8.10. The lowest BCUT2D eigenvalue weighted by atomic mass is 10.0. The monoisotopic (exact) mass is 237 g/mol. The molecule has 100 valence electrons. The topological polar surface area (TPSA) is 26.0 Å². The smallest absolute Gasteiger partial charge is 0.00726 e. The van der Waals surface area contributed by atoms with Gasteiger partial charge in [-0.25, -0.2) is 0 Å². The van der Waals surface area contributed by atoms with Crippen molar-refractivity contribution in [2.24, 2.45) is 23.5 Å². The fourth-order valence-corrected chi connectivity index (χ4v) is 4.04. The van der Waals surface area contributed by atoms with Crippen molar-refractivity contribution in [3.63, 3.8) is 0 Å². The Morgan fingerprint density at radius 2 is 1.53 bits per heavy atom. The van der Waals surface area contributed by atoms with Crippen molar-refractivity contribution in [3.8, 4) is 0 Å². The summed E-state index contributed by atoms with van der Waals surface area (Å²) in [6.07, 6.45) is 15.6. The van der Waals surface area contributed by atoms with E-state index in [1.54, 1.807) is 0 Å². The Bertz CT molecular complexity index is 202. The lowest BCUT2D eigenvalue weighted by molar-refractivity contribution is 0.469. The van der Waals surface area contributed by atoms with Crippen molar-refractivity contribution in [2.75, 3.05) is 0 Å². The maximum Gasteiger partial charge on any atom is 0.00726 e. The molecule has 2 rings (SSSR count). The van der Waals surface area contributed by atoms with Crippen molar-refractivity contribution < 1.29 is 0 Å². The van der Waals surface area contributed by atoms with Crippen molar-refractivity contribution >= 4 is 0 Å². The molecule has 0 aromatic rings. The molecule has 0 bridgehead atoms. The highest BCUT2D eigenvalue weighted by Crippen LogP contribution is 2.57. The summed E-state index contributed by atoms with van der Waals surface area (Å²) >= 11 is 0. The molecule has 2 saturated carbocycles. The minimum Gasteiger partial charge on any atom is -0.327 e. The van der Waals surface area contributed by atoms with Crippen LogP contribution in [0.4, 0.5) is 0 Å². The van der Waals surface area contributed by atoms with E-state index in [4.69, 9.17) is 5.73 Å². The van der Waals surface area contributed by atoms with E-state index in [1.807, 2.05) is 0 Å². The number of fused-ring (bicyclic) bond motifs is 1. The van der Waals surface area contributed by atoms with Gasteiger partial charge in [-0.1, -0.05) is 58.3 Å². The van der Waals surface area contributed by atoms with Crippen molar-refractivity contribution in [2.45, 2.75) is 83.6 Å². The fraction of sp³-hybridized carbons (Fsp3) is 1.00. The summed E-state index contributed by atoms with van der Waals surface area (Å²) in [5, 5.41) is 0. The summed E-state index contributed by atoms with van der Waals surface area (Å²) < 4.78 is 0. The molecule has 0 spiro atoms. The van der Waals surface area contributed by atoms with E-state index in [9.17, 15) is 0 Å². The Balaban J connectivity index is 1.51. The Morgan fingerprint density at radius 3 is 2.18 bits per heavy atom. The van der Waals surface area contributed by atoms with Gasteiger partial charge in [-0.15, -0.1) is 0 Å². The van der Waals surface area contributed by atoms with Crippen LogP contribution < -0.4 is 5.73 Å². The van der Waals surface area contributed by atoms with Gasteiger partial charge in [-0.05, 0) is 37.0 Å². The van der Waals surface area contributed by atoms with Crippen LogP contribution in [0, 0.1) is 17.8 Å². The molecule has 3 atom stereocenters. The predicted octanol–water partition coefficient (Wildman–Crippen LogP) is 4.50. The molecule has 0 saturated heterocycles. The maximum atomic E-state index is 6.38. The van der Waals surface area contributed by atoms with Crippen LogP contribution in [0.25, 0.3) is 0 Å². The van der Waals surface area contributed by atoms with Crippen LogP contribution in [0.1, 0.15) is 77.6 Å². The molecule has 2 fully saturated rings. The Morgan fingerprint density at radius 1 is 0.941 bits per heavy atom. The van der Waals surface area contributed by atoms with Crippen LogP contribution in [-0.4, -0.2) is 6.04 Å². The highest BCUT2D eigenvalue weighted by atomic mass is 14.7. The van der Waals surface area contributed by atoms with E-state index in [0.29, 0.717) is 6.04 Å². The lowest BCUT2D eigenvalue weighted by Gasteiger charge is -2.11. The number of unbranched alkanes of at least 4 members (excludes halogenated alkanes) is 5. The SMILES string of the molecule is CCCCCCCCC(N)C1C2CCCCC21. The standard InChI is InChI=1S/C16H31N/c1-2-3-4-5-6-7-12-15(17)16-13-10-8-9-11-14(13)16/h13-16H,2-12,17H2,1H3. The molecule has 2 aliphatic rings. The number of hydrogen-bond acceptors (Lipinski definition) is 1. The van der Waals surface area contributed by atoms with Crippen LogP contribution in [0.5, 0.6) is 0 Å². The van der Waals surface area contributed by atoms with Crippen LogP contribution in [0.3, 0.4) is 0 Å². The largest absolute Gasteiger partial charge is 0.327 e. The summed E-state index contributed by atoms with van der Waals surface area (Å²) in [6, 6.07) is 0.536. The summed E-state index contributed by atoms with van der Waals surface area (Å²) in [6.45, 7) is 2.28. The van der Waals surface area contributed by atoms with Gasteiger partial charge in [0.25, 0.3) is 0 Å². The molecule has 0 aliphatic heterocycles. The third-order valence-electron chi connectivity index (χ3n) is 5.11. The number of nitrogens with two attached hydrogens (primary N) is 1. The fourth-order valence-electron chi connectivity index (χ4n) is 4.04. The van der Waals surface area contributed by atoms with Crippen molar-refractivity contribution in [3.05, 3.63) is 0 Å². The molecule has 17 heavy (non-hydrogen) atoms. The van der Waals surface area contributed by atoms with Gasteiger partial charge >= 0.3 is 0 Å². The number of hydrogen-bond donors (Lipinski definition) is 1. The minimum absolute atomic E-state index is 0.536. The predicted molar refractivity (Wildman–Crippen MR) is 74.9 cm³/mol. The maximum absolute atomic E-state index is 6.38. The Kier molecular flexibility index (Phi) is 5.34. The quantitative estimate of drug-likeness (QED) is 0.618. The lowest BCUT2D eigenvalue weighted by Crippen LogP contribution is -2.23. The van der Waals surface area contributed by atoms with Crippen LogP contribution in [0.2, 0.25) is 0 Å². The van der Waals surface area contributed by atoms with E-state index in [-0.39, 0.29) is 0 Å². The second kappa shape index (κ2) is 6.78.